The van der Waals surface area contributed by atoms with Gasteiger partial charge in [0.15, 0.2) is 5.75 Å². The van der Waals surface area contributed by atoms with Crippen LogP contribution in [0.5, 0.6) is 11.5 Å². The highest BCUT2D eigenvalue weighted by Crippen LogP contribution is 2.28. The lowest BCUT2D eigenvalue weighted by Crippen LogP contribution is -2.14. The molecule has 0 aromatic heterocycles. The second kappa shape index (κ2) is 8.54. The summed E-state index contributed by atoms with van der Waals surface area (Å²) < 4.78 is 44.9. The Morgan fingerprint density at radius 3 is 2.37 bits per heavy atom. The first-order valence-corrected chi connectivity index (χ1v) is 9.21. The third-order valence-corrected chi connectivity index (χ3v) is 4.66. The van der Waals surface area contributed by atoms with Crippen molar-refractivity contribution in [1.29, 1.82) is 0 Å². The van der Waals surface area contributed by atoms with Gasteiger partial charge in [0.25, 0.3) is 0 Å². The number of carbonyl (C=O) groups excluding carboxylic acids is 2. The van der Waals surface area contributed by atoms with E-state index in [1.165, 1.54) is 43.5 Å². The van der Waals surface area contributed by atoms with Crippen LogP contribution in [0.1, 0.15) is 27.6 Å². The molecule has 8 nitrogen and oxygen atoms in total. The molecule has 0 N–H and O–H groups in total. The lowest BCUT2D eigenvalue weighted by molar-refractivity contribution is 0.0525. The van der Waals surface area contributed by atoms with Crippen LogP contribution in [0.2, 0.25) is 0 Å². The Hall–Kier alpha value is -3.07. The van der Waals surface area contributed by atoms with Crippen LogP contribution in [0.25, 0.3) is 0 Å². The summed E-state index contributed by atoms with van der Waals surface area (Å²) in [5.41, 5.74) is -0.0382. The highest BCUT2D eigenvalue weighted by Gasteiger charge is 2.23. The Bertz CT molecular complexity index is 950. The molecule has 2 aromatic rings. The van der Waals surface area contributed by atoms with E-state index in [1.54, 1.807) is 6.92 Å². The molecule has 27 heavy (non-hydrogen) atoms. The van der Waals surface area contributed by atoms with Gasteiger partial charge in [-0.2, -0.15) is 8.42 Å². The van der Waals surface area contributed by atoms with Crippen molar-refractivity contribution in [2.24, 2.45) is 0 Å². The molecule has 0 aliphatic carbocycles. The fraction of sp³-hybridized carbons (Fsp3) is 0.222. The van der Waals surface area contributed by atoms with Gasteiger partial charge < -0.3 is 18.4 Å². The van der Waals surface area contributed by atoms with E-state index in [0.29, 0.717) is 0 Å². The van der Waals surface area contributed by atoms with Crippen LogP contribution in [0.4, 0.5) is 0 Å². The van der Waals surface area contributed by atoms with Crippen molar-refractivity contribution in [2.75, 3.05) is 20.8 Å². The number of esters is 2. The SMILES string of the molecule is CCOC(=O)c1cccc(S(=O)(=O)Oc2cc(OC)ccc2C(=O)OC)c1. The molecule has 0 spiro atoms. The monoisotopic (exact) mass is 394 g/mol. The van der Waals surface area contributed by atoms with Gasteiger partial charge in [-0.25, -0.2) is 9.59 Å². The number of rotatable bonds is 7. The van der Waals surface area contributed by atoms with Gasteiger partial charge in [0, 0.05) is 6.07 Å². The predicted molar refractivity (Wildman–Crippen MR) is 94.5 cm³/mol. The van der Waals surface area contributed by atoms with Gasteiger partial charge in [-0.15, -0.1) is 0 Å². The van der Waals surface area contributed by atoms with E-state index < -0.39 is 22.1 Å². The number of methoxy groups -OCH3 is 2. The molecule has 0 atom stereocenters. The Kier molecular flexibility index (Phi) is 6.40. The van der Waals surface area contributed by atoms with Crippen molar-refractivity contribution in [3.05, 3.63) is 53.6 Å². The lowest BCUT2D eigenvalue weighted by atomic mass is 10.2. The number of ether oxygens (including phenoxy) is 3. The van der Waals surface area contributed by atoms with Crippen LogP contribution >= 0.6 is 0 Å². The summed E-state index contributed by atoms with van der Waals surface area (Å²) in [6.45, 7) is 1.79. The first kappa shape index (κ1) is 20.2. The molecule has 0 heterocycles. The van der Waals surface area contributed by atoms with Crippen LogP contribution in [0.3, 0.4) is 0 Å². The summed E-state index contributed by atoms with van der Waals surface area (Å²) in [4.78, 5) is 23.4. The van der Waals surface area contributed by atoms with Gasteiger partial charge in [0.05, 0.1) is 26.4 Å². The summed E-state index contributed by atoms with van der Waals surface area (Å²) in [6.07, 6.45) is 0. The zero-order valence-corrected chi connectivity index (χ0v) is 15.7. The molecule has 0 radical (unpaired) electrons. The molecule has 0 amide bonds. The van der Waals surface area contributed by atoms with Crippen molar-refractivity contribution in [3.8, 4) is 11.5 Å². The first-order valence-electron chi connectivity index (χ1n) is 7.80. The van der Waals surface area contributed by atoms with Crippen LogP contribution in [0, 0.1) is 0 Å². The molecule has 2 rings (SSSR count). The fourth-order valence-electron chi connectivity index (χ4n) is 2.14. The van der Waals surface area contributed by atoms with Crippen LogP contribution < -0.4 is 8.92 Å². The van der Waals surface area contributed by atoms with Gasteiger partial charge in [-0.05, 0) is 37.3 Å². The molecule has 144 valence electrons. The van der Waals surface area contributed by atoms with E-state index in [9.17, 15) is 18.0 Å². The number of hydrogen-bond acceptors (Lipinski definition) is 8. The third-order valence-electron chi connectivity index (χ3n) is 3.43. The molecular weight excluding hydrogens is 376 g/mol. The number of carbonyl (C=O) groups is 2. The zero-order chi connectivity index (χ0) is 20.0. The highest BCUT2D eigenvalue weighted by molar-refractivity contribution is 7.87. The van der Waals surface area contributed by atoms with E-state index >= 15 is 0 Å². The lowest BCUT2D eigenvalue weighted by Gasteiger charge is -2.12. The van der Waals surface area contributed by atoms with Gasteiger partial charge in [-0.1, -0.05) is 6.07 Å². The van der Waals surface area contributed by atoms with E-state index in [1.807, 2.05) is 0 Å². The number of hydrogen-bond donors (Lipinski definition) is 0. The Morgan fingerprint density at radius 1 is 1.00 bits per heavy atom. The van der Waals surface area contributed by atoms with Crippen molar-refractivity contribution in [2.45, 2.75) is 11.8 Å². The minimum absolute atomic E-state index is 0.0559. The van der Waals surface area contributed by atoms with Gasteiger partial charge in [0.2, 0.25) is 0 Å². The zero-order valence-electron chi connectivity index (χ0n) is 14.9. The minimum atomic E-state index is -4.34. The predicted octanol–water partition coefficient (Wildman–Crippen LogP) is 2.43. The maximum absolute atomic E-state index is 12.6. The first-order chi connectivity index (χ1) is 12.8. The Labute approximate surface area is 156 Å². The molecule has 0 fully saturated rings. The molecular formula is C18H18O8S. The van der Waals surface area contributed by atoms with Gasteiger partial charge >= 0.3 is 22.1 Å². The third kappa shape index (κ3) is 4.76. The van der Waals surface area contributed by atoms with Crippen molar-refractivity contribution >= 4 is 22.1 Å². The van der Waals surface area contributed by atoms with Crippen molar-refractivity contribution in [3.63, 3.8) is 0 Å². The van der Waals surface area contributed by atoms with Crippen LogP contribution in [-0.4, -0.2) is 41.2 Å². The topological polar surface area (TPSA) is 105 Å². The molecule has 0 aliphatic heterocycles. The minimum Gasteiger partial charge on any atom is -0.497 e. The van der Waals surface area contributed by atoms with E-state index in [0.717, 1.165) is 13.2 Å². The molecule has 0 saturated carbocycles. The highest BCUT2D eigenvalue weighted by atomic mass is 32.2. The molecule has 0 saturated heterocycles. The summed E-state index contributed by atoms with van der Waals surface area (Å²) in [5, 5.41) is 0. The van der Waals surface area contributed by atoms with Crippen molar-refractivity contribution in [1.82, 2.24) is 0 Å². The van der Waals surface area contributed by atoms with Crippen LogP contribution in [-0.2, 0) is 19.6 Å². The molecule has 0 aliphatic rings. The van der Waals surface area contributed by atoms with E-state index in [-0.39, 0.29) is 34.1 Å². The molecule has 9 heteroatoms. The maximum atomic E-state index is 12.6. The van der Waals surface area contributed by atoms with Crippen molar-refractivity contribution < 1.29 is 36.4 Å². The Morgan fingerprint density at radius 2 is 1.74 bits per heavy atom. The fourth-order valence-corrected chi connectivity index (χ4v) is 3.12. The second-order valence-electron chi connectivity index (χ2n) is 5.14. The summed E-state index contributed by atoms with van der Waals surface area (Å²) in [6, 6.07) is 9.23. The quantitative estimate of drug-likeness (QED) is 0.521. The van der Waals surface area contributed by atoms with Gasteiger partial charge in [-0.3, -0.25) is 0 Å². The standard InChI is InChI=1S/C18H18O8S/c1-4-25-17(19)12-6-5-7-14(10-12)27(21,22)26-16-11-13(23-2)8-9-15(16)18(20)24-3/h5-11H,4H2,1-3H3. The molecule has 0 bridgehead atoms. The van der Waals surface area contributed by atoms with Gasteiger partial charge in [0.1, 0.15) is 16.2 Å². The maximum Gasteiger partial charge on any atom is 0.341 e. The van der Waals surface area contributed by atoms with E-state index in [4.69, 9.17) is 13.7 Å². The second-order valence-corrected chi connectivity index (χ2v) is 6.69. The Balaban J connectivity index is 2.43. The summed E-state index contributed by atoms with van der Waals surface area (Å²) >= 11 is 0. The molecule has 2 aromatic carbocycles. The van der Waals surface area contributed by atoms with Crippen LogP contribution in [0.15, 0.2) is 47.4 Å². The summed E-state index contributed by atoms with van der Waals surface area (Å²) in [7, 11) is -1.80. The summed E-state index contributed by atoms with van der Waals surface area (Å²) in [5.74, 6) is -1.41. The average Bonchev–Trinajstić information content (AvgIpc) is 2.67. The van der Waals surface area contributed by atoms with E-state index in [2.05, 4.69) is 4.74 Å². The number of benzene rings is 2. The molecule has 0 unspecified atom stereocenters. The smallest absolute Gasteiger partial charge is 0.341 e. The average molecular weight is 394 g/mol. The largest absolute Gasteiger partial charge is 0.497 e. The normalized spacial score (nSPS) is 10.8.